The summed E-state index contributed by atoms with van der Waals surface area (Å²) >= 11 is 0. The second kappa shape index (κ2) is 5.22. The van der Waals surface area contributed by atoms with Crippen LogP contribution in [-0.2, 0) is 4.74 Å². The van der Waals surface area contributed by atoms with Gasteiger partial charge in [0.1, 0.15) is 11.9 Å². The molecule has 0 bridgehead atoms. The van der Waals surface area contributed by atoms with Crippen molar-refractivity contribution in [2.24, 2.45) is 11.7 Å². The van der Waals surface area contributed by atoms with Crippen LogP contribution in [0.5, 0.6) is 0 Å². The molecular formula is C15H18N6O2. The Bertz CT molecular complexity index is 869. The highest BCUT2D eigenvalue weighted by Crippen LogP contribution is 2.42. The van der Waals surface area contributed by atoms with Gasteiger partial charge >= 0.3 is 6.09 Å². The number of aromatic nitrogens is 5. The molecule has 0 radical (unpaired) electrons. The van der Waals surface area contributed by atoms with Gasteiger partial charge in [-0.15, -0.1) is 10.2 Å². The maximum Gasteiger partial charge on any atom is 0.404 e. The maximum absolute atomic E-state index is 11.1. The zero-order valence-electron chi connectivity index (χ0n) is 12.8. The largest absolute Gasteiger partial charge is 0.446 e. The van der Waals surface area contributed by atoms with Crippen LogP contribution >= 0.6 is 0 Å². The molecule has 1 aliphatic rings. The predicted molar refractivity (Wildman–Crippen MR) is 82.9 cm³/mol. The first kappa shape index (κ1) is 14.0. The van der Waals surface area contributed by atoms with Crippen molar-refractivity contribution in [2.75, 3.05) is 0 Å². The van der Waals surface area contributed by atoms with E-state index in [0.29, 0.717) is 5.92 Å². The number of aromatic amines is 1. The van der Waals surface area contributed by atoms with Crippen molar-refractivity contribution in [3.63, 3.8) is 0 Å². The van der Waals surface area contributed by atoms with Crippen molar-refractivity contribution >= 4 is 22.9 Å². The summed E-state index contributed by atoms with van der Waals surface area (Å²) in [6, 6.07) is 1.97. The molecule has 1 amide bonds. The van der Waals surface area contributed by atoms with Crippen LogP contribution in [0.4, 0.5) is 4.79 Å². The first-order valence-electron chi connectivity index (χ1n) is 7.80. The second-order valence-electron chi connectivity index (χ2n) is 6.03. The SMILES string of the molecule is CC[C@@H]1C[C@@H](OC(N)=O)C[C@@H]1c1nnc2cnc3[nH]ccc3n12. The molecule has 0 aromatic carbocycles. The van der Waals surface area contributed by atoms with Crippen LogP contribution in [0.3, 0.4) is 0 Å². The third-order valence-electron chi connectivity index (χ3n) is 4.76. The molecule has 8 nitrogen and oxygen atoms in total. The topological polar surface area (TPSA) is 111 Å². The molecule has 1 saturated carbocycles. The van der Waals surface area contributed by atoms with Crippen molar-refractivity contribution in [2.45, 2.75) is 38.2 Å². The van der Waals surface area contributed by atoms with E-state index in [2.05, 4.69) is 27.1 Å². The van der Waals surface area contributed by atoms with Crippen LogP contribution in [0.15, 0.2) is 18.5 Å². The molecule has 0 spiro atoms. The van der Waals surface area contributed by atoms with E-state index in [1.807, 2.05) is 16.7 Å². The summed E-state index contributed by atoms with van der Waals surface area (Å²) in [5.41, 5.74) is 7.65. The van der Waals surface area contributed by atoms with E-state index in [1.165, 1.54) is 0 Å². The van der Waals surface area contributed by atoms with Crippen LogP contribution < -0.4 is 5.73 Å². The van der Waals surface area contributed by atoms with Crippen molar-refractivity contribution < 1.29 is 9.53 Å². The van der Waals surface area contributed by atoms with Gasteiger partial charge in [-0.05, 0) is 24.8 Å². The lowest BCUT2D eigenvalue weighted by molar-refractivity contribution is 0.107. The number of hydrogen-bond acceptors (Lipinski definition) is 5. The average molecular weight is 314 g/mol. The zero-order valence-corrected chi connectivity index (χ0v) is 12.8. The lowest BCUT2D eigenvalue weighted by Crippen LogP contribution is -2.20. The number of nitrogens with one attached hydrogen (secondary N) is 1. The molecule has 3 heterocycles. The van der Waals surface area contributed by atoms with Gasteiger partial charge < -0.3 is 15.5 Å². The molecule has 23 heavy (non-hydrogen) atoms. The fourth-order valence-corrected chi connectivity index (χ4v) is 3.74. The molecule has 0 saturated heterocycles. The Morgan fingerprint density at radius 1 is 1.48 bits per heavy atom. The minimum absolute atomic E-state index is 0.154. The van der Waals surface area contributed by atoms with E-state index in [0.717, 1.165) is 41.9 Å². The summed E-state index contributed by atoms with van der Waals surface area (Å²) in [4.78, 5) is 18.5. The van der Waals surface area contributed by atoms with Crippen LogP contribution in [0, 0.1) is 5.92 Å². The lowest BCUT2D eigenvalue weighted by atomic mass is 9.93. The standard InChI is InChI=1S/C15H18N6O2/c1-2-8-5-9(23-15(16)22)6-10(8)14-20-19-12-7-18-13-11(21(12)14)3-4-17-13/h3-4,7-10,17H,2,5-6H2,1H3,(H2,16,22)/t8-,9-,10+/m1/s1. The first-order chi connectivity index (χ1) is 11.2. The molecule has 1 fully saturated rings. The van der Waals surface area contributed by atoms with Gasteiger partial charge in [-0.1, -0.05) is 13.3 Å². The number of rotatable bonds is 3. The van der Waals surface area contributed by atoms with Crippen molar-refractivity contribution in [3.8, 4) is 0 Å². The number of H-pyrrole nitrogens is 1. The quantitative estimate of drug-likeness (QED) is 0.767. The molecule has 3 atom stereocenters. The van der Waals surface area contributed by atoms with Crippen LogP contribution in [0.2, 0.25) is 0 Å². The molecule has 3 aromatic rings. The van der Waals surface area contributed by atoms with Gasteiger partial charge in [0, 0.05) is 12.1 Å². The van der Waals surface area contributed by atoms with Crippen molar-refractivity contribution in [3.05, 3.63) is 24.3 Å². The van der Waals surface area contributed by atoms with Crippen molar-refractivity contribution in [1.29, 1.82) is 0 Å². The summed E-state index contributed by atoms with van der Waals surface area (Å²) in [5, 5.41) is 8.66. The van der Waals surface area contributed by atoms with E-state index < -0.39 is 6.09 Å². The van der Waals surface area contributed by atoms with E-state index >= 15 is 0 Å². The third-order valence-corrected chi connectivity index (χ3v) is 4.76. The van der Waals surface area contributed by atoms with Gasteiger partial charge in [-0.3, -0.25) is 4.40 Å². The minimum atomic E-state index is -0.714. The molecular weight excluding hydrogens is 296 g/mol. The third kappa shape index (κ3) is 2.21. The Kier molecular flexibility index (Phi) is 3.17. The molecule has 0 unspecified atom stereocenters. The highest BCUT2D eigenvalue weighted by molar-refractivity contribution is 5.74. The fourth-order valence-electron chi connectivity index (χ4n) is 3.74. The molecule has 0 aliphatic heterocycles. The zero-order chi connectivity index (χ0) is 16.0. The highest BCUT2D eigenvalue weighted by atomic mass is 16.6. The molecule has 3 aromatic heterocycles. The van der Waals surface area contributed by atoms with Gasteiger partial charge in [-0.25, -0.2) is 9.78 Å². The Labute approximate surface area is 132 Å². The minimum Gasteiger partial charge on any atom is -0.446 e. The van der Waals surface area contributed by atoms with Gasteiger partial charge in [-0.2, -0.15) is 0 Å². The summed E-state index contributed by atoms with van der Waals surface area (Å²) in [5.74, 6) is 1.46. The maximum atomic E-state index is 11.1. The van der Waals surface area contributed by atoms with Gasteiger partial charge in [0.15, 0.2) is 11.3 Å². The summed E-state index contributed by atoms with van der Waals surface area (Å²) < 4.78 is 7.26. The number of fused-ring (bicyclic) bond motifs is 3. The van der Waals surface area contributed by atoms with Gasteiger partial charge in [0.25, 0.3) is 0 Å². The van der Waals surface area contributed by atoms with Gasteiger partial charge in [0.05, 0.1) is 11.7 Å². The Morgan fingerprint density at radius 3 is 3.13 bits per heavy atom. The Balaban J connectivity index is 1.78. The molecule has 4 rings (SSSR count). The monoisotopic (exact) mass is 314 g/mol. The molecule has 120 valence electrons. The Morgan fingerprint density at radius 2 is 2.35 bits per heavy atom. The van der Waals surface area contributed by atoms with Crippen molar-refractivity contribution in [1.82, 2.24) is 24.6 Å². The summed E-state index contributed by atoms with van der Waals surface area (Å²) in [6.45, 7) is 2.14. The fraction of sp³-hybridized carbons (Fsp3) is 0.467. The van der Waals surface area contributed by atoms with Crippen LogP contribution in [-0.4, -0.2) is 36.8 Å². The molecule has 1 aliphatic carbocycles. The summed E-state index contributed by atoms with van der Waals surface area (Å²) in [6.07, 6.45) is 5.21. The predicted octanol–water partition coefficient (Wildman–Crippen LogP) is 1.97. The number of carbonyl (C=O) groups is 1. The average Bonchev–Trinajstić information content (AvgIpc) is 3.22. The summed E-state index contributed by atoms with van der Waals surface area (Å²) in [7, 11) is 0. The number of primary amides is 1. The van der Waals surface area contributed by atoms with E-state index in [4.69, 9.17) is 10.5 Å². The number of hydrogen-bond donors (Lipinski definition) is 2. The van der Waals surface area contributed by atoms with E-state index in [9.17, 15) is 4.79 Å². The van der Waals surface area contributed by atoms with Crippen LogP contribution in [0.25, 0.3) is 16.8 Å². The number of nitrogens with zero attached hydrogens (tertiary/aromatic N) is 4. The molecule has 8 heteroatoms. The Hall–Kier alpha value is -2.64. The van der Waals surface area contributed by atoms with E-state index in [1.54, 1.807) is 6.20 Å². The normalized spacial score (nSPS) is 24.5. The van der Waals surface area contributed by atoms with Gasteiger partial charge in [0.2, 0.25) is 0 Å². The highest BCUT2D eigenvalue weighted by Gasteiger charge is 2.38. The smallest absolute Gasteiger partial charge is 0.404 e. The van der Waals surface area contributed by atoms with E-state index in [-0.39, 0.29) is 12.0 Å². The number of nitrogens with two attached hydrogens (primary N) is 1. The second-order valence-corrected chi connectivity index (χ2v) is 6.03. The number of carbonyl (C=O) groups excluding carboxylic acids is 1. The van der Waals surface area contributed by atoms with Crippen LogP contribution in [0.1, 0.15) is 37.9 Å². The number of amides is 1. The first-order valence-corrected chi connectivity index (χ1v) is 7.80. The number of ether oxygens (including phenoxy) is 1. The lowest BCUT2D eigenvalue weighted by Gasteiger charge is -2.15. The molecule has 3 N–H and O–H groups in total.